The van der Waals surface area contributed by atoms with Crippen molar-refractivity contribution in [3.05, 3.63) is 0 Å². The van der Waals surface area contributed by atoms with Gasteiger partial charge in [0, 0.05) is 19.0 Å². The zero-order valence-corrected chi connectivity index (χ0v) is 10.3. The Morgan fingerprint density at radius 2 is 2.33 bits per heavy atom. The van der Waals surface area contributed by atoms with Gasteiger partial charge in [0.2, 0.25) is 5.91 Å². The lowest BCUT2D eigenvalue weighted by Crippen LogP contribution is -2.38. The fraction of sp³-hybridized carbons (Fsp3) is 0.909. The van der Waals surface area contributed by atoms with Crippen LogP contribution in [0.25, 0.3) is 0 Å². The largest absolute Gasteiger partial charge is 0.381 e. The van der Waals surface area contributed by atoms with E-state index in [2.05, 4.69) is 19.2 Å². The summed E-state index contributed by atoms with van der Waals surface area (Å²) >= 11 is 5.70. The SMILES string of the molecule is CC(C)(CCCl)CNC(=O)C1CCOC1. The number of amides is 1. The van der Waals surface area contributed by atoms with Gasteiger partial charge in [0.25, 0.3) is 0 Å². The summed E-state index contributed by atoms with van der Waals surface area (Å²) in [4.78, 5) is 11.7. The summed E-state index contributed by atoms with van der Waals surface area (Å²) in [5, 5.41) is 2.97. The number of alkyl halides is 1. The van der Waals surface area contributed by atoms with Crippen molar-refractivity contribution in [2.75, 3.05) is 25.6 Å². The summed E-state index contributed by atoms with van der Waals surface area (Å²) in [5.74, 6) is 0.807. The molecule has 0 bridgehead atoms. The van der Waals surface area contributed by atoms with E-state index < -0.39 is 0 Å². The van der Waals surface area contributed by atoms with Crippen LogP contribution in [0.4, 0.5) is 0 Å². The van der Waals surface area contributed by atoms with E-state index in [0.717, 1.165) is 12.8 Å². The van der Waals surface area contributed by atoms with Gasteiger partial charge in [0.15, 0.2) is 0 Å². The second-order valence-electron chi connectivity index (χ2n) is 4.88. The molecule has 1 saturated heterocycles. The minimum atomic E-state index is 0.0526. The molecule has 0 spiro atoms. The van der Waals surface area contributed by atoms with Crippen molar-refractivity contribution >= 4 is 17.5 Å². The lowest BCUT2D eigenvalue weighted by Gasteiger charge is -2.24. The molecule has 1 unspecified atom stereocenters. The lowest BCUT2D eigenvalue weighted by atomic mass is 9.90. The van der Waals surface area contributed by atoms with E-state index in [-0.39, 0.29) is 17.2 Å². The summed E-state index contributed by atoms with van der Waals surface area (Å²) < 4.78 is 5.18. The average Bonchev–Trinajstić information content (AvgIpc) is 2.67. The van der Waals surface area contributed by atoms with E-state index in [0.29, 0.717) is 25.6 Å². The van der Waals surface area contributed by atoms with Gasteiger partial charge in [-0.25, -0.2) is 0 Å². The van der Waals surface area contributed by atoms with Crippen LogP contribution in [-0.4, -0.2) is 31.5 Å². The standard InChI is InChI=1S/C11H20ClNO2/c1-11(2,4-5-12)8-13-10(14)9-3-6-15-7-9/h9H,3-8H2,1-2H3,(H,13,14). The molecule has 0 radical (unpaired) electrons. The van der Waals surface area contributed by atoms with Crippen LogP contribution in [0.15, 0.2) is 0 Å². The summed E-state index contributed by atoms with van der Waals surface area (Å²) in [6, 6.07) is 0. The van der Waals surface area contributed by atoms with Gasteiger partial charge in [-0.1, -0.05) is 13.8 Å². The number of rotatable bonds is 5. The van der Waals surface area contributed by atoms with Gasteiger partial charge in [0.05, 0.1) is 12.5 Å². The van der Waals surface area contributed by atoms with Gasteiger partial charge in [-0.05, 0) is 18.3 Å². The molecule has 1 aliphatic rings. The van der Waals surface area contributed by atoms with Crippen LogP contribution in [0.1, 0.15) is 26.7 Å². The maximum Gasteiger partial charge on any atom is 0.225 e. The highest BCUT2D eigenvalue weighted by Crippen LogP contribution is 2.20. The first-order valence-electron chi connectivity index (χ1n) is 5.46. The van der Waals surface area contributed by atoms with E-state index in [1.165, 1.54) is 0 Å². The number of nitrogens with one attached hydrogen (secondary N) is 1. The molecule has 0 aliphatic carbocycles. The first-order chi connectivity index (χ1) is 7.05. The van der Waals surface area contributed by atoms with Crippen LogP contribution >= 0.6 is 11.6 Å². The molecular weight excluding hydrogens is 214 g/mol. The van der Waals surface area contributed by atoms with Crippen LogP contribution in [0.3, 0.4) is 0 Å². The van der Waals surface area contributed by atoms with Crippen molar-refractivity contribution in [1.82, 2.24) is 5.32 Å². The predicted molar refractivity (Wildman–Crippen MR) is 61.1 cm³/mol. The minimum Gasteiger partial charge on any atom is -0.381 e. The van der Waals surface area contributed by atoms with Crippen molar-refractivity contribution in [2.24, 2.45) is 11.3 Å². The fourth-order valence-electron chi connectivity index (χ4n) is 1.56. The third-order valence-electron chi connectivity index (χ3n) is 2.81. The summed E-state index contributed by atoms with van der Waals surface area (Å²) in [6.07, 6.45) is 1.76. The highest BCUT2D eigenvalue weighted by Gasteiger charge is 2.25. The molecule has 15 heavy (non-hydrogen) atoms. The van der Waals surface area contributed by atoms with Crippen molar-refractivity contribution in [2.45, 2.75) is 26.7 Å². The fourth-order valence-corrected chi connectivity index (χ4v) is 2.07. The first kappa shape index (κ1) is 12.8. The highest BCUT2D eigenvalue weighted by molar-refractivity contribution is 6.17. The lowest BCUT2D eigenvalue weighted by molar-refractivity contribution is -0.125. The first-order valence-corrected chi connectivity index (χ1v) is 6.00. The highest BCUT2D eigenvalue weighted by atomic mass is 35.5. The van der Waals surface area contributed by atoms with E-state index >= 15 is 0 Å². The zero-order valence-electron chi connectivity index (χ0n) is 9.51. The Morgan fingerprint density at radius 3 is 2.87 bits per heavy atom. The number of hydrogen-bond acceptors (Lipinski definition) is 2. The maximum absolute atomic E-state index is 11.7. The second kappa shape index (κ2) is 5.71. The number of carbonyl (C=O) groups is 1. The van der Waals surface area contributed by atoms with Crippen LogP contribution in [-0.2, 0) is 9.53 Å². The van der Waals surface area contributed by atoms with Crippen LogP contribution in [0, 0.1) is 11.3 Å². The molecule has 1 amide bonds. The molecule has 0 saturated carbocycles. The molecule has 4 heteroatoms. The second-order valence-corrected chi connectivity index (χ2v) is 5.26. The normalized spacial score (nSPS) is 21.7. The molecule has 0 aromatic carbocycles. The topological polar surface area (TPSA) is 38.3 Å². The minimum absolute atomic E-state index is 0.0526. The van der Waals surface area contributed by atoms with Crippen molar-refractivity contribution in [1.29, 1.82) is 0 Å². The van der Waals surface area contributed by atoms with Gasteiger partial charge < -0.3 is 10.1 Å². The van der Waals surface area contributed by atoms with Crippen LogP contribution in [0.2, 0.25) is 0 Å². The molecule has 88 valence electrons. The molecule has 1 aliphatic heterocycles. The quantitative estimate of drug-likeness (QED) is 0.736. The average molecular weight is 234 g/mol. The Hall–Kier alpha value is -0.280. The van der Waals surface area contributed by atoms with E-state index in [1.807, 2.05) is 0 Å². The van der Waals surface area contributed by atoms with Crippen molar-refractivity contribution < 1.29 is 9.53 Å². The van der Waals surface area contributed by atoms with Gasteiger partial charge in [-0.3, -0.25) is 4.79 Å². The Bertz CT molecular complexity index is 213. The molecule has 0 aromatic rings. The van der Waals surface area contributed by atoms with Gasteiger partial charge >= 0.3 is 0 Å². The number of halogens is 1. The summed E-state index contributed by atoms with van der Waals surface area (Å²) in [7, 11) is 0. The Labute approximate surface area is 96.5 Å². The van der Waals surface area contributed by atoms with Gasteiger partial charge in [0.1, 0.15) is 0 Å². The zero-order chi connectivity index (χ0) is 11.3. The van der Waals surface area contributed by atoms with E-state index in [9.17, 15) is 4.79 Å². The number of carbonyl (C=O) groups excluding carboxylic acids is 1. The molecule has 1 atom stereocenters. The summed E-state index contributed by atoms with van der Waals surface area (Å²) in [6.45, 7) is 6.20. The Balaban J connectivity index is 2.26. The van der Waals surface area contributed by atoms with E-state index in [4.69, 9.17) is 16.3 Å². The monoisotopic (exact) mass is 233 g/mol. The molecule has 1 fully saturated rings. The van der Waals surface area contributed by atoms with Gasteiger partial charge in [-0.15, -0.1) is 11.6 Å². The smallest absolute Gasteiger partial charge is 0.225 e. The number of ether oxygens (including phenoxy) is 1. The van der Waals surface area contributed by atoms with Crippen molar-refractivity contribution in [3.63, 3.8) is 0 Å². The molecule has 3 nitrogen and oxygen atoms in total. The summed E-state index contributed by atoms with van der Waals surface area (Å²) in [5.41, 5.74) is 0.0802. The van der Waals surface area contributed by atoms with Crippen LogP contribution in [0.5, 0.6) is 0 Å². The van der Waals surface area contributed by atoms with Crippen molar-refractivity contribution in [3.8, 4) is 0 Å². The number of hydrogen-bond donors (Lipinski definition) is 1. The molecule has 1 rings (SSSR count). The third kappa shape index (κ3) is 4.39. The Kier molecular flexibility index (Phi) is 4.87. The maximum atomic E-state index is 11.7. The van der Waals surface area contributed by atoms with E-state index in [1.54, 1.807) is 0 Å². The predicted octanol–water partition coefficient (Wildman–Crippen LogP) is 1.79. The Morgan fingerprint density at radius 1 is 1.60 bits per heavy atom. The molecule has 1 heterocycles. The van der Waals surface area contributed by atoms with Crippen LogP contribution < -0.4 is 5.32 Å². The third-order valence-corrected chi connectivity index (χ3v) is 3.00. The molecule has 0 aromatic heterocycles. The molecule has 1 N–H and O–H groups in total. The molecular formula is C11H20ClNO2. The van der Waals surface area contributed by atoms with Gasteiger partial charge in [-0.2, -0.15) is 0 Å².